The predicted octanol–water partition coefficient (Wildman–Crippen LogP) is 1.25. The fourth-order valence-corrected chi connectivity index (χ4v) is 2.05. The molecule has 0 bridgehead atoms. The standard InChI is InChI=1S/C13H17NO4/c1-8-7-18-5-4-11(8)14-13(17)10-6-9(15)2-3-12(10)16/h2-3,6,8,11,15-16H,4-5,7H2,1H3,(H,14,17). The Morgan fingerprint density at radius 3 is 2.94 bits per heavy atom. The number of carbonyl (C=O) groups excluding carboxylic acids is 1. The van der Waals surface area contributed by atoms with Gasteiger partial charge in [-0.15, -0.1) is 0 Å². The van der Waals surface area contributed by atoms with Crippen molar-refractivity contribution < 1.29 is 19.7 Å². The van der Waals surface area contributed by atoms with Crippen LogP contribution in [0.4, 0.5) is 0 Å². The van der Waals surface area contributed by atoms with E-state index in [0.29, 0.717) is 13.2 Å². The summed E-state index contributed by atoms with van der Waals surface area (Å²) in [5, 5.41) is 21.8. The zero-order chi connectivity index (χ0) is 13.1. The molecule has 2 atom stereocenters. The normalized spacial score (nSPS) is 23.6. The van der Waals surface area contributed by atoms with Crippen molar-refractivity contribution in [1.82, 2.24) is 5.32 Å². The molecule has 1 heterocycles. The third-order valence-electron chi connectivity index (χ3n) is 3.18. The van der Waals surface area contributed by atoms with E-state index in [9.17, 15) is 15.0 Å². The fourth-order valence-electron chi connectivity index (χ4n) is 2.05. The molecule has 2 unspecified atom stereocenters. The van der Waals surface area contributed by atoms with Gasteiger partial charge in [0.05, 0.1) is 12.2 Å². The Kier molecular flexibility index (Phi) is 3.72. The van der Waals surface area contributed by atoms with Crippen LogP contribution in [0, 0.1) is 5.92 Å². The van der Waals surface area contributed by atoms with Crippen LogP contribution in [0.3, 0.4) is 0 Å². The molecule has 0 aliphatic carbocycles. The van der Waals surface area contributed by atoms with Crippen molar-refractivity contribution in [3.8, 4) is 11.5 Å². The summed E-state index contributed by atoms with van der Waals surface area (Å²) in [4.78, 5) is 12.0. The second-order valence-electron chi connectivity index (χ2n) is 4.62. The van der Waals surface area contributed by atoms with E-state index < -0.39 is 0 Å². The Morgan fingerprint density at radius 1 is 1.44 bits per heavy atom. The fraction of sp³-hybridized carbons (Fsp3) is 0.462. The van der Waals surface area contributed by atoms with Crippen molar-refractivity contribution in [2.24, 2.45) is 5.92 Å². The molecule has 1 aromatic rings. The lowest BCUT2D eigenvalue weighted by molar-refractivity contribution is 0.0374. The SMILES string of the molecule is CC1COCCC1NC(=O)c1cc(O)ccc1O. The van der Waals surface area contributed by atoms with Crippen molar-refractivity contribution >= 4 is 5.91 Å². The maximum Gasteiger partial charge on any atom is 0.255 e. The molecule has 1 aliphatic heterocycles. The van der Waals surface area contributed by atoms with Gasteiger partial charge in [0, 0.05) is 12.6 Å². The minimum Gasteiger partial charge on any atom is -0.508 e. The Bertz CT molecular complexity index is 447. The molecule has 0 spiro atoms. The second-order valence-corrected chi connectivity index (χ2v) is 4.62. The predicted molar refractivity (Wildman–Crippen MR) is 65.6 cm³/mol. The minimum atomic E-state index is -0.373. The zero-order valence-electron chi connectivity index (χ0n) is 10.2. The van der Waals surface area contributed by atoms with Crippen molar-refractivity contribution in [2.45, 2.75) is 19.4 Å². The summed E-state index contributed by atoms with van der Waals surface area (Å²) in [5.74, 6) is -0.313. The van der Waals surface area contributed by atoms with Gasteiger partial charge in [-0.2, -0.15) is 0 Å². The van der Waals surface area contributed by atoms with Gasteiger partial charge in [-0.05, 0) is 30.5 Å². The number of nitrogens with one attached hydrogen (secondary N) is 1. The van der Waals surface area contributed by atoms with Crippen molar-refractivity contribution in [3.63, 3.8) is 0 Å². The smallest absolute Gasteiger partial charge is 0.255 e. The van der Waals surface area contributed by atoms with E-state index in [1.54, 1.807) is 0 Å². The molecule has 5 nitrogen and oxygen atoms in total. The molecule has 1 amide bonds. The van der Waals surface area contributed by atoms with Gasteiger partial charge in [-0.25, -0.2) is 0 Å². The zero-order valence-corrected chi connectivity index (χ0v) is 10.2. The van der Waals surface area contributed by atoms with Crippen LogP contribution < -0.4 is 5.32 Å². The molecule has 1 aliphatic rings. The van der Waals surface area contributed by atoms with Crippen LogP contribution in [-0.4, -0.2) is 35.4 Å². The van der Waals surface area contributed by atoms with Crippen LogP contribution in [0.15, 0.2) is 18.2 Å². The highest BCUT2D eigenvalue weighted by atomic mass is 16.5. The number of phenolic OH excluding ortho intramolecular Hbond substituents is 2. The maximum atomic E-state index is 12.0. The van der Waals surface area contributed by atoms with E-state index in [4.69, 9.17) is 4.74 Å². The first-order valence-electron chi connectivity index (χ1n) is 5.98. The molecular formula is C13H17NO4. The van der Waals surface area contributed by atoms with Crippen LogP contribution in [0.1, 0.15) is 23.7 Å². The lowest BCUT2D eigenvalue weighted by Crippen LogP contribution is -2.44. The Labute approximate surface area is 105 Å². The molecule has 1 saturated heterocycles. The summed E-state index contributed by atoms with van der Waals surface area (Å²) in [5.41, 5.74) is 0.0914. The largest absolute Gasteiger partial charge is 0.508 e. The number of rotatable bonds is 2. The van der Waals surface area contributed by atoms with Gasteiger partial charge in [-0.3, -0.25) is 4.79 Å². The van der Waals surface area contributed by atoms with E-state index in [1.807, 2.05) is 6.92 Å². The Morgan fingerprint density at radius 2 is 2.22 bits per heavy atom. The van der Waals surface area contributed by atoms with Crippen molar-refractivity contribution in [3.05, 3.63) is 23.8 Å². The van der Waals surface area contributed by atoms with E-state index in [-0.39, 0.29) is 34.9 Å². The average Bonchev–Trinajstić information content (AvgIpc) is 2.35. The highest BCUT2D eigenvalue weighted by Crippen LogP contribution is 2.23. The van der Waals surface area contributed by atoms with Gasteiger partial charge in [0.25, 0.3) is 5.91 Å². The number of amides is 1. The van der Waals surface area contributed by atoms with Gasteiger partial charge < -0.3 is 20.3 Å². The number of ether oxygens (including phenoxy) is 1. The van der Waals surface area contributed by atoms with Crippen LogP contribution in [0.25, 0.3) is 0 Å². The summed E-state index contributed by atoms with van der Waals surface area (Å²) >= 11 is 0. The van der Waals surface area contributed by atoms with Gasteiger partial charge >= 0.3 is 0 Å². The van der Waals surface area contributed by atoms with Gasteiger partial charge in [-0.1, -0.05) is 6.92 Å². The first kappa shape index (κ1) is 12.7. The first-order valence-corrected chi connectivity index (χ1v) is 5.98. The molecule has 18 heavy (non-hydrogen) atoms. The van der Waals surface area contributed by atoms with Crippen molar-refractivity contribution in [1.29, 1.82) is 0 Å². The highest BCUT2D eigenvalue weighted by Gasteiger charge is 2.24. The van der Waals surface area contributed by atoms with Gasteiger partial charge in [0.15, 0.2) is 0 Å². The summed E-state index contributed by atoms with van der Waals surface area (Å²) in [7, 11) is 0. The minimum absolute atomic E-state index is 0.0352. The second kappa shape index (κ2) is 5.27. The summed E-state index contributed by atoms with van der Waals surface area (Å²) in [6.45, 7) is 3.25. The number of benzene rings is 1. The van der Waals surface area contributed by atoms with E-state index in [0.717, 1.165) is 6.42 Å². The number of aromatic hydroxyl groups is 2. The molecule has 0 saturated carbocycles. The maximum absolute atomic E-state index is 12.0. The van der Waals surface area contributed by atoms with Crippen LogP contribution >= 0.6 is 0 Å². The summed E-state index contributed by atoms with van der Waals surface area (Å²) < 4.78 is 5.30. The molecule has 0 aromatic heterocycles. The third kappa shape index (κ3) is 2.73. The highest BCUT2D eigenvalue weighted by molar-refractivity contribution is 5.97. The lowest BCUT2D eigenvalue weighted by atomic mass is 9.97. The van der Waals surface area contributed by atoms with Crippen LogP contribution in [0.2, 0.25) is 0 Å². The molecule has 2 rings (SSSR count). The Balaban J connectivity index is 2.09. The molecule has 1 fully saturated rings. The van der Waals surface area contributed by atoms with Crippen LogP contribution in [0.5, 0.6) is 11.5 Å². The number of hydrogen-bond donors (Lipinski definition) is 3. The van der Waals surface area contributed by atoms with Crippen LogP contribution in [-0.2, 0) is 4.74 Å². The van der Waals surface area contributed by atoms with Gasteiger partial charge in [0.2, 0.25) is 0 Å². The molecular weight excluding hydrogens is 234 g/mol. The molecule has 1 aromatic carbocycles. The number of hydrogen-bond acceptors (Lipinski definition) is 4. The first-order chi connectivity index (χ1) is 8.58. The topological polar surface area (TPSA) is 78.8 Å². The number of carbonyl (C=O) groups is 1. The molecule has 98 valence electrons. The monoisotopic (exact) mass is 251 g/mol. The molecule has 0 radical (unpaired) electrons. The summed E-state index contributed by atoms with van der Waals surface area (Å²) in [6.07, 6.45) is 0.756. The van der Waals surface area contributed by atoms with Crippen molar-refractivity contribution in [2.75, 3.05) is 13.2 Å². The molecule has 3 N–H and O–H groups in total. The van der Waals surface area contributed by atoms with E-state index >= 15 is 0 Å². The van der Waals surface area contributed by atoms with E-state index in [1.165, 1.54) is 18.2 Å². The summed E-state index contributed by atoms with van der Waals surface area (Å²) in [6, 6.07) is 3.93. The average molecular weight is 251 g/mol. The Hall–Kier alpha value is -1.75. The van der Waals surface area contributed by atoms with Gasteiger partial charge in [0.1, 0.15) is 11.5 Å². The quantitative estimate of drug-likeness (QED) is 0.691. The number of phenols is 2. The molecule has 5 heteroatoms. The van der Waals surface area contributed by atoms with E-state index in [2.05, 4.69) is 5.32 Å². The third-order valence-corrected chi connectivity index (χ3v) is 3.18. The lowest BCUT2D eigenvalue weighted by Gasteiger charge is -2.29.